The highest BCUT2D eigenvalue weighted by Crippen LogP contribution is 2.25. The molecule has 2 heterocycles. The van der Waals surface area contributed by atoms with Gasteiger partial charge in [0.2, 0.25) is 5.89 Å². The van der Waals surface area contributed by atoms with Crippen LogP contribution in [0.1, 0.15) is 32.4 Å². The fourth-order valence-corrected chi connectivity index (χ4v) is 1.99. The van der Waals surface area contributed by atoms with Crippen LogP contribution in [0, 0.1) is 0 Å². The van der Waals surface area contributed by atoms with E-state index in [9.17, 15) is 0 Å². The molecule has 0 saturated heterocycles. The van der Waals surface area contributed by atoms with Crippen molar-refractivity contribution in [3.63, 3.8) is 0 Å². The fraction of sp³-hybridized carbons (Fsp3) is 0.545. The van der Waals surface area contributed by atoms with Crippen LogP contribution in [0.4, 0.5) is 0 Å². The van der Waals surface area contributed by atoms with E-state index >= 15 is 0 Å². The topological polar surface area (TPSA) is 56.7 Å². The summed E-state index contributed by atoms with van der Waals surface area (Å²) in [5, 5.41) is 8.67. The number of nitrogens with zero attached hydrogens (tertiary/aromatic N) is 4. The predicted molar refractivity (Wildman–Crippen MR) is 65.8 cm³/mol. The summed E-state index contributed by atoms with van der Waals surface area (Å²) in [6.07, 6.45) is 3.48. The van der Waals surface area contributed by atoms with Crippen LogP contribution in [0.3, 0.4) is 0 Å². The maximum Gasteiger partial charge on any atom is 0.204 e. The molecule has 92 valence electrons. The molecule has 2 aromatic heterocycles. The quantitative estimate of drug-likeness (QED) is 0.785. The molecule has 0 radical (unpaired) electrons. The van der Waals surface area contributed by atoms with Crippen LogP contribution >= 0.6 is 11.8 Å². The van der Waals surface area contributed by atoms with Gasteiger partial charge in [-0.1, -0.05) is 32.5 Å². The summed E-state index contributed by atoms with van der Waals surface area (Å²) in [5.74, 6) is 2.30. The summed E-state index contributed by atoms with van der Waals surface area (Å²) in [6.45, 7) is 6.31. The second-order valence-corrected chi connectivity index (χ2v) is 5.82. The molecule has 6 heteroatoms. The zero-order valence-corrected chi connectivity index (χ0v) is 11.3. The van der Waals surface area contributed by atoms with E-state index in [1.54, 1.807) is 24.3 Å². The highest BCUT2D eigenvalue weighted by atomic mass is 32.2. The van der Waals surface area contributed by atoms with Crippen molar-refractivity contribution in [3.8, 4) is 0 Å². The predicted octanol–water partition coefficient (Wildman–Crippen LogP) is 2.39. The van der Waals surface area contributed by atoms with Gasteiger partial charge in [-0.15, -0.1) is 10.2 Å². The first-order chi connectivity index (χ1) is 7.97. The van der Waals surface area contributed by atoms with Crippen molar-refractivity contribution in [1.29, 1.82) is 0 Å². The Morgan fingerprint density at radius 2 is 2.18 bits per heavy atom. The average Bonchev–Trinajstić information content (AvgIpc) is 2.82. The van der Waals surface area contributed by atoms with Crippen LogP contribution in [-0.4, -0.2) is 19.7 Å². The van der Waals surface area contributed by atoms with Crippen molar-refractivity contribution >= 4 is 11.8 Å². The zero-order valence-electron chi connectivity index (χ0n) is 10.5. The monoisotopic (exact) mass is 252 g/mol. The summed E-state index contributed by atoms with van der Waals surface area (Å²) in [6, 6.07) is 0. The van der Waals surface area contributed by atoms with Gasteiger partial charge in [0.05, 0.1) is 11.9 Å². The van der Waals surface area contributed by atoms with Crippen molar-refractivity contribution in [3.05, 3.63) is 24.2 Å². The van der Waals surface area contributed by atoms with Gasteiger partial charge in [-0.05, 0) is 0 Å². The van der Waals surface area contributed by atoms with Gasteiger partial charge < -0.3 is 8.98 Å². The van der Waals surface area contributed by atoms with E-state index in [4.69, 9.17) is 4.42 Å². The first kappa shape index (κ1) is 12.2. The van der Waals surface area contributed by atoms with Gasteiger partial charge in [-0.25, -0.2) is 4.98 Å². The Kier molecular flexibility index (Phi) is 3.24. The molecule has 0 N–H and O–H groups in total. The zero-order chi connectivity index (χ0) is 12.5. The molecule has 0 spiro atoms. The summed E-state index contributed by atoms with van der Waals surface area (Å²) in [7, 11) is 1.92. The fourth-order valence-electron chi connectivity index (χ4n) is 1.25. The van der Waals surface area contributed by atoms with Gasteiger partial charge in [0.1, 0.15) is 12.1 Å². The van der Waals surface area contributed by atoms with Gasteiger partial charge in [-0.2, -0.15) is 0 Å². The second kappa shape index (κ2) is 4.52. The number of thioether (sulfide) groups is 1. The largest absolute Gasteiger partial charge is 0.444 e. The summed E-state index contributed by atoms with van der Waals surface area (Å²) in [4.78, 5) is 4.27. The second-order valence-electron chi connectivity index (χ2n) is 4.88. The molecule has 0 aliphatic carbocycles. The Hall–Kier alpha value is -1.30. The van der Waals surface area contributed by atoms with Crippen LogP contribution in [-0.2, 0) is 18.2 Å². The highest BCUT2D eigenvalue weighted by molar-refractivity contribution is 7.98. The molecule has 0 amide bonds. The Labute approximate surface area is 105 Å². The van der Waals surface area contributed by atoms with Crippen LogP contribution in [0.5, 0.6) is 0 Å². The first-order valence-corrected chi connectivity index (χ1v) is 6.37. The lowest BCUT2D eigenvalue weighted by Crippen LogP contribution is -2.09. The molecule has 0 aromatic carbocycles. The normalized spacial score (nSPS) is 12.0. The van der Waals surface area contributed by atoms with Crippen LogP contribution in [0.2, 0.25) is 0 Å². The van der Waals surface area contributed by atoms with Gasteiger partial charge in [0.25, 0.3) is 0 Å². The molecule has 0 aliphatic rings. The van der Waals surface area contributed by atoms with E-state index in [0.29, 0.717) is 5.75 Å². The lowest BCUT2D eigenvalue weighted by Gasteiger charge is -2.12. The summed E-state index contributed by atoms with van der Waals surface area (Å²) < 4.78 is 7.57. The number of hydrogen-bond donors (Lipinski definition) is 0. The maximum atomic E-state index is 5.70. The first-order valence-electron chi connectivity index (χ1n) is 5.39. The Morgan fingerprint density at radius 3 is 2.71 bits per heavy atom. The average molecular weight is 252 g/mol. The Balaban J connectivity index is 2.01. The van der Waals surface area contributed by atoms with E-state index in [1.807, 2.05) is 11.6 Å². The molecular formula is C11H16N4OS. The number of rotatable bonds is 3. The van der Waals surface area contributed by atoms with E-state index < -0.39 is 0 Å². The van der Waals surface area contributed by atoms with Gasteiger partial charge >= 0.3 is 0 Å². The molecule has 5 nitrogen and oxygen atoms in total. The minimum Gasteiger partial charge on any atom is -0.444 e. The van der Waals surface area contributed by atoms with Crippen molar-refractivity contribution in [2.24, 2.45) is 7.05 Å². The third-order valence-electron chi connectivity index (χ3n) is 2.29. The van der Waals surface area contributed by atoms with Gasteiger partial charge in [-0.3, -0.25) is 0 Å². The Bertz CT molecular complexity index is 498. The van der Waals surface area contributed by atoms with E-state index in [2.05, 4.69) is 36.0 Å². The van der Waals surface area contributed by atoms with Crippen molar-refractivity contribution < 1.29 is 4.42 Å². The SMILES string of the molecule is Cn1cnnc1SCc1ncc(C(C)(C)C)o1. The minimum atomic E-state index is 0.000690. The molecule has 0 bridgehead atoms. The number of aromatic nitrogens is 4. The van der Waals surface area contributed by atoms with Gasteiger partial charge in [0, 0.05) is 12.5 Å². The van der Waals surface area contributed by atoms with E-state index in [1.165, 1.54) is 0 Å². The molecule has 0 aliphatic heterocycles. The Morgan fingerprint density at radius 1 is 1.41 bits per heavy atom. The number of aryl methyl sites for hydroxylation is 1. The number of oxazole rings is 1. The maximum absolute atomic E-state index is 5.70. The molecule has 2 aromatic rings. The van der Waals surface area contributed by atoms with Crippen molar-refractivity contribution in [2.75, 3.05) is 0 Å². The minimum absolute atomic E-state index is 0.000690. The van der Waals surface area contributed by atoms with Crippen LogP contribution < -0.4 is 0 Å². The van der Waals surface area contributed by atoms with Gasteiger partial charge in [0.15, 0.2) is 5.16 Å². The molecule has 0 atom stereocenters. The number of hydrogen-bond acceptors (Lipinski definition) is 5. The van der Waals surface area contributed by atoms with E-state index in [-0.39, 0.29) is 5.41 Å². The molecule has 0 fully saturated rings. The third kappa shape index (κ3) is 2.88. The molecule has 0 saturated carbocycles. The van der Waals surface area contributed by atoms with Crippen molar-refractivity contribution in [2.45, 2.75) is 37.1 Å². The molecule has 2 rings (SSSR count). The van der Waals surface area contributed by atoms with E-state index in [0.717, 1.165) is 16.8 Å². The summed E-state index contributed by atoms with van der Waals surface area (Å²) >= 11 is 1.56. The summed E-state index contributed by atoms with van der Waals surface area (Å²) in [5.41, 5.74) is 0.000690. The molecule has 0 unspecified atom stereocenters. The smallest absolute Gasteiger partial charge is 0.204 e. The standard InChI is InChI=1S/C11H16N4OS/c1-11(2,3)8-5-12-9(16-8)6-17-10-14-13-7-15(10)4/h5,7H,6H2,1-4H3. The lowest BCUT2D eigenvalue weighted by atomic mass is 9.94. The lowest BCUT2D eigenvalue weighted by molar-refractivity contribution is 0.390. The van der Waals surface area contributed by atoms with Crippen LogP contribution in [0.25, 0.3) is 0 Å². The molecular weight excluding hydrogens is 236 g/mol. The third-order valence-corrected chi connectivity index (χ3v) is 3.31. The van der Waals surface area contributed by atoms with Crippen molar-refractivity contribution in [1.82, 2.24) is 19.7 Å². The molecule has 17 heavy (non-hydrogen) atoms. The highest BCUT2D eigenvalue weighted by Gasteiger charge is 2.19. The van der Waals surface area contributed by atoms with Crippen LogP contribution in [0.15, 0.2) is 22.1 Å².